The summed E-state index contributed by atoms with van der Waals surface area (Å²) in [5.41, 5.74) is 1.19. The van der Waals surface area contributed by atoms with E-state index in [9.17, 15) is 14.7 Å². The van der Waals surface area contributed by atoms with Gasteiger partial charge in [0.15, 0.2) is 0 Å². The zero-order valence-corrected chi connectivity index (χ0v) is 10.9. The van der Waals surface area contributed by atoms with Gasteiger partial charge in [0.05, 0.1) is 17.6 Å². The van der Waals surface area contributed by atoms with Crippen molar-refractivity contribution in [1.29, 1.82) is 0 Å². The van der Waals surface area contributed by atoms with Gasteiger partial charge in [-0.15, -0.1) is 0 Å². The molecule has 2 rings (SSSR count). The molecule has 6 nitrogen and oxygen atoms in total. The number of aromatic hydroxyl groups is 1. The van der Waals surface area contributed by atoms with Gasteiger partial charge < -0.3 is 10.4 Å². The molecule has 1 aromatic heterocycles. The van der Waals surface area contributed by atoms with Crippen LogP contribution in [0.3, 0.4) is 0 Å². The van der Waals surface area contributed by atoms with Crippen LogP contribution in [-0.4, -0.2) is 27.9 Å². The molecule has 0 bridgehead atoms. The Morgan fingerprint density at radius 1 is 1.47 bits per heavy atom. The average molecular weight is 263 g/mol. The minimum Gasteiger partial charge on any atom is -0.506 e. The Morgan fingerprint density at radius 3 is 2.79 bits per heavy atom. The standard InChI is InChI=1S/C13H17N3O3/c1-7(2)12-10(17)5-8(6-14-12)15-9-3-4-11(18)16-13(9)19/h5-7,9,15,17H,3-4H2,1-2H3,(H,16,18,19). The molecule has 2 heterocycles. The normalized spacial score (nSPS) is 19.4. The molecule has 1 atom stereocenters. The Balaban J connectivity index is 2.09. The van der Waals surface area contributed by atoms with E-state index in [-0.39, 0.29) is 23.5 Å². The van der Waals surface area contributed by atoms with Gasteiger partial charge in [0.25, 0.3) is 0 Å². The van der Waals surface area contributed by atoms with Gasteiger partial charge in [0.2, 0.25) is 11.8 Å². The van der Waals surface area contributed by atoms with Crippen molar-refractivity contribution < 1.29 is 14.7 Å². The smallest absolute Gasteiger partial charge is 0.249 e. The number of pyridine rings is 1. The molecule has 1 aliphatic rings. The van der Waals surface area contributed by atoms with E-state index in [4.69, 9.17) is 0 Å². The topological polar surface area (TPSA) is 91.3 Å². The fraction of sp³-hybridized carbons (Fsp3) is 0.462. The van der Waals surface area contributed by atoms with E-state index in [2.05, 4.69) is 15.6 Å². The Hall–Kier alpha value is -2.11. The maximum Gasteiger partial charge on any atom is 0.249 e. The Kier molecular flexibility index (Phi) is 3.69. The largest absolute Gasteiger partial charge is 0.506 e. The summed E-state index contributed by atoms with van der Waals surface area (Å²) in [6.07, 6.45) is 2.34. The summed E-state index contributed by atoms with van der Waals surface area (Å²) in [5.74, 6) is -0.361. The molecular formula is C13H17N3O3. The lowest BCUT2D eigenvalue weighted by Crippen LogP contribution is -2.47. The van der Waals surface area contributed by atoms with Gasteiger partial charge in [-0.2, -0.15) is 0 Å². The van der Waals surface area contributed by atoms with Crippen LogP contribution in [0.4, 0.5) is 5.69 Å². The fourth-order valence-electron chi connectivity index (χ4n) is 2.02. The van der Waals surface area contributed by atoms with Crippen molar-refractivity contribution in [2.45, 2.75) is 38.6 Å². The quantitative estimate of drug-likeness (QED) is 0.711. The lowest BCUT2D eigenvalue weighted by Gasteiger charge is -2.22. The van der Waals surface area contributed by atoms with Crippen LogP contribution in [0.2, 0.25) is 0 Å². The Labute approximate surface area is 111 Å². The third kappa shape index (κ3) is 3.01. The van der Waals surface area contributed by atoms with E-state index in [0.717, 1.165) is 0 Å². The molecule has 0 aromatic carbocycles. The minimum atomic E-state index is -0.469. The minimum absolute atomic E-state index is 0.104. The second-order valence-corrected chi connectivity index (χ2v) is 4.93. The van der Waals surface area contributed by atoms with Gasteiger partial charge in [-0.1, -0.05) is 13.8 Å². The number of rotatable bonds is 3. The zero-order chi connectivity index (χ0) is 14.0. The van der Waals surface area contributed by atoms with E-state index in [0.29, 0.717) is 24.2 Å². The van der Waals surface area contributed by atoms with Crippen LogP contribution in [0, 0.1) is 0 Å². The molecular weight excluding hydrogens is 246 g/mol. The van der Waals surface area contributed by atoms with Gasteiger partial charge in [-0.25, -0.2) is 0 Å². The Bertz CT molecular complexity index is 514. The summed E-state index contributed by atoms with van der Waals surface area (Å²) >= 11 is 0. The highest BCUT2D eigenvalue weighted by Crippen LogP contribution is 2.26. The lowest BCUT2D eigenvalue weighted by atomic mass is 10.1. The van der Waals surface area contributed by atoms with E-state index < -0.39 is 6.04 Å². The summed E-state index contributed by atoms with van der Waals surface area (Å²) in [4.78, 5) is 26.8. The van der Waals surface area contributed by atoms with Crippen LogP contribution >= 0.6 is 0 Å². The number of piperidine rings is 1. The predicted octanol–water partition coefficient (Wildman–Crippen LogP) is 1.13. The molecule has 0 aliphatic carbocycles. The van der Waals surface area contributed by atoms with Crippen molar-refractivity contribution in [3.05, 3.63) is 18.0 Å². The first-order valence-electron chi connectivity index (χ1n) is 6.26. The molecule has 1 unspecified atom stereocenters. The number of carbonyl (C=O) groups is 2. The van der Waals surface area contributed by atoms with Gasteiger partial charge >= 0.3 is 0 Å². The molecule has 0 saturated carbocycles. The van der Waals surface area contributed by atoms with Crippen molar-refractivity contribution in [2.75, 3.05) is 5.32 Å². The van der Waals surface area contributed by atoms with Crippen LogP contribution < -0.4 is 10.6 Å². The SMILES string of the molecule is CC(C)c1ncc(NC2CCC(=O)NC2=O)cc1O. The number of nitrogens with one attached hydrogen (secondary N) is 2. The molecule has 1 aliphatic heterocycles. The number of imide groups is 1. The first kappa shape index (κ1) is 13.3. The third-order valence-corrected chi connectivity index (χ3v) is 3.02. The second-order valence-electron chi connectivity index (χ2n) is 4.93. The van der Waals surface area contributed by atoms with Crippen LogP contribution in [0.15, 0.2) is 12.3 Å². The highest BCUT2D eigenvalue weighted by Gasteiger charge is 2.26. The molecule has 2 amide bonds. The molecule has 102 valence electrons. The number of amides is 2. The number of hydrogen-bond acceptors (Lipinski definition) is 5. The Morgan fingerprint density at radius 2 is 2.21 bits per heavy atom. The van der Waals surface area contributed by atoms with Gasteiger partial charge in [-0.3, -0.25) is 19.9 Å². The molecule has 6 heteroatoms. The number of anilines is 1. The summed E-state index contributed by atoms with van der Waals surface area (Å²) in [7, 11) is 0. The van der Waals surface area contributed by atoms with Crippen molar-refractivity contribution in [3.8, 4) is 5.75 Å². The fourth-order valence-corrected chi connectivity index (χ4v) is 2.02. The van der Waals surface area contributed by atoms with Crippen LogP contribution in [0.5, 0.6) is 5.75 Å². The lowest BCUT2D eigenvalue weighted by molar-refractivity contribution is -0.133. The first-order chi connectivity index (χ1) is 8.97. The highest BCUT2D eigenvalue weighted by molar-refractivity contribution is 6.01. The monoisotopic (exact) mass is 263 g/mol. The summed E-state index contributed by atoms with van der Waals surface area (Å²) < 4.78 is 0. The van der Waals surface area contributed by atoms with Crippen molar-refractivity contribution in [2.24, 2.45) is 0 Å². The average Bonchev–Trinajstić information content (AvgIpc) is 2.32. The van der Waals surface area contributed by atoms with Crippen molar-refractivity contribution in [3.63, 3.8) is 0 Å². The van der Waals surface area contributed by atoms with Crippen molar-refractivity contribution in [1.82, 2.24) is 10.3 Å². The van der Waals surface area contributed by atoms with E-state index in [1.54, 1.807) is 12.3 Å². The molecule has 1 aromatic rings. The summed E-state index contributed by atoms with van der Waals surface area (Å²) in [5, 5.41) is 15.1. The number of carbonyl (C=O) groups excluding carboxylic acids is 2. The first-order valence-corrected chi connectivity index (χ1v) is 6.26. The van der Waals surface area contributed by atoms with Crippen LogP contribution in [0.1, 0.15) is 38.3 Å². The van der Waals surface area contributed by atoms with Gasteiger partial charge in [0.1, 0.15) is 11.8 Å². The van der Waals surface area contributed by atoms with E-state index in [1.165, 1.54) is 0 Å². The van der Waals surface area contributed by atoms with Gasteiger partial charge in [0, 0.05) is 12.5 Å². The van der Waals surface area contributed by atoms with E-state index >= 15 is 0 Å². The van der Waals surface area contributed by atoms with E-state index in [1.807, 2.05) is 13.8 Å². The molecule has 0 spiro atoms. The second kappa shape index (κ2) is 5.26. The number of nitrogens with zero attached hydrogens (tertiary/aromatic N) is 1. The zero-order valence-electron chi connectivity index (χ0n) is 10.9. The van der Waals surface area contributed by atoms with Crippen LogP contribution in [0.25, 0.3) is 0 Å². The third-order valence-electron chi connectivity index (χ3n) is 3.02. The molecule has 1 saturated heterocycles. The molecule has 3 N–H and O–H groups in total. The van der Waals surface area contributed by atoms with Crippen LogP contribution in [-0.2, 0) is 9.59 Å². The predicted molar refractivity (Wildman–Crippen MR) is 69.8 cm³/mol. The molecule has 1 fully saturated rings. The van der Waals surface area contributed by atoms with Crippen molar-refractivity contribution >= 4 is 17.5 Å². The summed E-state index contributed by atoms with van der Waals surface area (Å²) in [6, 6.07) is 1.08. The molecule has 19 heavy (non-hydrogen) atoms. The summed E-state index contributed by atoms with van der Waals surface area (Å²) in [6.45, 7) is 3.88. The number of aromatic nitrogens is 1. The maximum atomic E-state index is 11.6. The van der Waals surface area contributed by atoms with Gasteiger partial charge in [-0.05, 0) is 12.3 Å². The highest BCUT2D eigenvalue weighted by atomic mass is 16.3. The number of hydrogen-bond donors (Lipinski definition) is 3. The maximum absolute atomic E-state index is 11.6. The molecule has 0 radical (unpaired) electrons.